The van der Waals surface area contributed by atoms with Crippen LogP contribution in [0.4, 0.5) is 0 Å². The summed E-state index contributed by atoms with van der Waals surface area (Å²) in [6.45, 7) is 0.538. The van der Waals surface area contributed by atoms with Crippen LogP contribution in [0.25, 0.3) is 10.4 Å². The molecule has 1 aromatic rings. The lowest BCUT2D eigenvalue weighted by atomic mass is 10.1. The molecule has 1 aromatic carbocycles. The molecule has 9 heteroatoms. The molecule has 7 nitrogen and oxygen atoms in total. The molecule has 0 saturated carbocycles. The van der Waals surface area contributed by atoms with Crippen molar-refractivity contribution in [1.82, 2.24) is 0 Å². The standard InChI is InChI=1S/C13H13I2N3O4/c14-12(15)10(17-18-16)11-9(21-7-19)6-20-13(22-11)8-4-2-1-3-5-8/h1-5,7,9-13H,6H2/t9-,10+,11-,13-/m1/s1. The highest BCUT2D eigenvalue weighted by molar-refractivity contribution is 14.2. The molecule has 1 fully saturated rings. The van der Waals surface area contributed by atoms with Crippen molar-refractivity contribution in [2.45, 2.75) is 26.5 Å². The van der Waals surface area contributed by atoms with Gasteiger partial charge in [0.25, 0.3) is 6.47 Å². The van der Waals surface area contributed by atoms with Crippen molar-refractivity contribution in [3.05, 3.63) is 46.3 Å². The maximum absolute atomic E-state index is 10.7. The van der Waals surface area contributed by atoms with Crippen molar-refractivity contribution in [2.24, 2.45) is 5.11 Å². The van der Waals surface area contributed by atoms with E-state index < -0.39 is 24.5 Å². The summed E-state index contributed by atoms with van der Waals surface area (Å²) in [5.41, 5.74) is 9.63. The first-order valence-corrected chi connectivity index (χ1v) is 8.90. The highest BCUT2D eigenvalue weighted by atomic mass is 127. The van der Waals surface area contributed by atoms with Crippen molar-refractivity contribution < 1.29 is 19.0 Å². The van der Waals surface area contributed by atoms with Crippen LogP contribution in [-0.2, 0) is 19.0 Å². The molecule has 0 aliphatic carbocycles. The molecule has 4 atom stereocenters. The fourth-order valence-corrected chi connectivity index (χ4v) is 3.25. The van der Waals surface area contributed by atoms with Gasteiger partial charge in [0, 0.05) is 10.5 Å². The molecule has 1 saturated heterocycles. The van der Waals surface area contributed by atoms with Crippen LogP contribution in [0.3, 0.4) is 0 Å². The summed E-state index contributed by atoms with van der Waals surface area (Å²) in [7, 11) is 0. The number of carbonyl (C=O) groups excluding carboxylic acids is 1. The second-order valence-electron chi connectivity index (χ2n) is 4.48. The van der Waals surface area contributed by atoms with Crippen LogP contribution >= 0.6 is 45.2 Å². The summed E-state index contributed by atoms with van der Waals surface area (Å²) in [5.74, 6) is 0. The second kappa shape index (κ2) is 8.87. The number of carbonyl (C=O) groups is 1. The Morgan fingerprint density at radius 2 is 2.14 bits per heavy atom. The van der Waals surface area contributed by atoms with Crippen LogP contribution < -0.4 is 0 Å². The summed E-state index contributed by atoms with van der Waals surface area (Å²) in [6, 6.07) is 8.96. The largest absolute Gasteiger partial charge is 0.459 e. The number of alkyl halides is 2. The fraction of sp³-hybridized carbons (Fsp3) is 0.462. The maximum atomic E-state index is 10.7. The van der Waals surface area contributed by atoms with Gasteiger partial charge in [0.05, 0.1) is 14.6 Å². The summed E-state index contributed by atoms with van der Waals surface area (Å²) in [6.07, 6.45) is -1.76. The van der Waals surface area contributed by atoms with Gasteiger partial charge in [-0.2, -0.15) is 0 Å². The van der Waals surface area contributed by atoms with E-state index >= 15 is 0 Å². The van der Waals surface area contributed by atoms with Gasteiger partial charge in [0.15, 0.2) is 12.4 Å². The lowest BCUT2D eigenvalue weighted by Crippen LogP contribution is -2.49. The summed E-state index contributed by atoms with van der Waals surface area (Å²) in [5, 5.41) is 3.80. The van der Waals surface area contributed by atoms with Crippen LogP contribution in [0.1, 0.15) is 11.9 Å². The van der Waals surface area contributed by atoms with E-state index in [1.54, 1.807) is 0 Å². The first-order valence-electron chi connectivity index (χ1n) is 6.41. The van der Waals surface area contributed by atoms with E-state index in [4.69, 9.17) is 19.7 Å². The lowest BCUT2D eigenvalue weighted by Gasteiger charge is -2.38. The molecular formula is C13H13I2N3O4. The van der Waals surface area contributed by atoms with Crippen molar-refractivity contribution in [3.8, 4) is 0 Å². The first-order chi connectivity index (χ1) is 10.7. The Morgan fingerprint density at radius 3 is 2.73 bits per heavy atom. The minimum Gasteiger partial charge on any atom is -0.459 e. The van der Waals surface area contributed by atoms with Gasteiger partial charge in [0.2, 0.25) is 0 Å². The average Bonchev–Trinajstić information content (AvgIpc) is 2.54. The van der Waals surface area contributed by atoms with Gasteiger partial charge in [-0.15, -0.1) is 0 Å². The predicted molar refractivity (Wildman–Crippen MR) is 95.7 cm³/mol. The third-order valence-corrected chi connectivity index (χ3v) is 4.61. The highest BCUT2D eigenvalue weighted by Crippen LogP contribution is 2.33. The zero-order chi connectivity index (χ0) is 15.9. The van der Waals surface area contributed by atoms with E-state index in [1.165, 1.54) is 0 Å². The molecule has 1 heterocycles. The summed E-state index contributed by atoms with van der Waals surface area (Å²) in [4.78, 5) is 13.6. The normalized spacial score (nSPS) is 26.0. The lowest BCUT2D eigenvalue weighted by molar-refractivity contribution is -0.262. The predicted octanol–water partition coefficient (Wildman–Crippen LogP) is 3.52. The minimum absolute atomic E-state index is 0.0247. The van der Waals surface area contributed by atoms with Gasteiger partial charge < -0.3 is 14.2 Å². The van der Waals surface area contributed by atoms with Gasteiger partial charge in [-0.1, -0.05) is 80.6 Å². The SMILES string of the molecule is [N-]=[N+]=N[C@H](C(I)I)[C@@H]1O[C@H](c2ccccc2)OC[C@H]1OC=O. The van der Waals surface area contributed by atoms with Crippen LogP contribution in [0.5, 0.6) is 0 Å². The molecule has 0 bridgehead atoms. The van der Waals surface area contributed by atoms with Crippen LogP contribution in [0, 0.1) is 0 Å². The van der Waals surface area contributed by atoms with E-state index in [0.717, 1.165) is 5.56 Å². The van der Waals surface area contributed by atoms with Crippen molar-refractivity contribution in [1.29, 1.82) is 0 Å². The Hall–Kier alpha value is -0.620. The molecule has 2 rings (SSSR count). The Balaban J connectivity index is 2.23. The smallest absolute Gasteiger partial charge is 0.293 e. The molecule has 118 valence electrons. The van der Waals surface area contributed by atoms with Crippen molar-refractivity contribution in [3.63, 3.8) is 0 Å². The Morgan fingerprint density at radius 1 is 1.41 bits per heavy atom. The molecule has 22 heavy (non-hydrogen) atoms. The number of halogens is 2. The molecule has 1 aliphatic heterocycles. The quantitative estimate of drug-likeness (QED) is 0.141. The van der Waals surface area contributed by atoms with Crippen LogP contribution in [0.2, 0.25) is 0 Å². The number of rotatable bonds is 6. The number of ether oxygens (including phenoxy) is 3. The Labute approximate surface area is 154 Å². The topological polar surface area (TPSA) is 93.5 Å². The van der Waals surface area contributed by atoms with Gasteiger partial charge in [0.1, 0.15) is 6.10 Å². The zero-order valence-corrected chi connectivity index (χ0v) is 15.6. The van der Waals surface area contributed by atoms with Crippen LogP contribution in [-0.4, -0.2) is 33.3 Å². The van der Waals surface area contributed by atoms with Gasteiger partial charge in [-0.3, -0.25) is 4.79 Å². The van der Waals surface area contributed by atoms with E-state index in [1.807, 2.05) is 30.3 Å². The molecule has 0 radical (unpaired) electrons. The first kappa shape index (κ1) is 17.7. The summed E-state index contributed by atoms with van der Waals surface area (Å²) < 4.78 is 16.6. The Bertz CT molecular complexity index is 539. The minimum atomic E-state index is -0.611. The molecule has 0 unspecified atom stereocenters. The average molecular weight is 529 g/mol. The summed E-state index contributed by atoms with van der Waals surface area (Å²) >= 11 is 4.29. The molecule has 0 amide bonds. The van der Waals surface area contributed by atoms with E-state index in [9.17, 15) is 4.79 Å². The van der Waals surface area contributed by atoms with Crippen molar-refractivity contribution >= 4 is 51.7 Å². The zero-order valence-electron chi connectivity index (χ0n) is 11.3. The number of benzene rings is 1. The molecule has 1 aliphatic rings. The third kappa shape index (κ3) is 4.44. The monoisotopic (exact) mass is 529 g/mol. The van der Waals surface area contributed by atoms with E-state index in [2.05, 4.69) is 55.2 Å². The van der Waals surface area contributed by atoms with Crippen LogP contribution in [0.15, 0.2) is 35.4 Å². The third-order valence-electron chi connectivity index (χ3n) is 3.14. The van der Waals surface area contributed by atoms with Gasteiger partial charge >= 0.3 is 0 Å². The van der Waals surface area contributed by atoms with Gasteiger partial charge in [-0.05, 0) is 5.53 Å². The number of hydrogen-bond donors (Lipinski definition) is 0. The second-order valence-corrected chi connectivity index (χ2v) is 9.54. The number of nitrogens with zero attached hydrogens (tertiary/aromatic N) is 3. The number of hydrogen-bond acceptors (Lipinski definition) is 5. The number of azide groups is 1. The molecule has 0 spiro atoms. The highest BCUT2D eigenvalue weighted by Gasteiger charge is 2.41. The molecular weight excluding hydrogens is 516 g/mol. The Kier molecular flexibility index (Phi) is 7.15. The molecule has 0 aromatic heterocycles. The van der Waals surface area contributed by atoms with E-state index in [0.29, 0.717) is 6.47 Å². The maximum Gasteiger partial charge on any atom is 0.293 e. The van der Waals surface area contributed by atoms with E-state index in [-0.39, 0.29) is 8.54 Å². The van der Waals surface area contributed by atoms with Gasteiger partial charge in [-0.25, -0.2) is 0 Å². The fourth-order valence-electron chi connectivity index (χ4n) is 2.14. The van der Waals surface area contributed by atoms with Crippen molar-refractivity contribution in [2.75, 3.05) is 6.61 Å². The molecule has 0 N–H and O–H groups in total.